The summed E-state index contributed by atoms with van der Waals surface area (Å²) in [7, 11) is 1.84. The van der Waals surface area contributed by atoms with E-state index in [-0.39, 0.29) is 10.6 Å². The van der Waals surface area contributed by atoms with Crippen molar-refractivity contribution in [3.8, 4) is 5.75 Å². The molecule has 0 radical (unpaired) electrons. The molecule has 0 spiro atoms. The summed E-state index contributed by atoms with van der Waals surface area (Å²) in [5.74, 6) is 0.255. The van der Waals surface area contributed by atoms with Crippen molar-refractivity contribution < 1.29 is 13.2 Å². The molecule has 114 valence electrons. The second-order valence-corrected chi connectivity index (χ2v) is 6.55. The Hall–Kier alpha value is -1.31. The first-order valence-electron chi connectivity index (χ1n) is 6.44. The number of benzene rings is 1. The maximum atomic E-state index is 12.2. The molecule has 0 saturated heterocycles. The highest BCUT2D eigenvalue weighted by Gasteiger charge is 2.18. The van der Waals surface area contributed by atoms with Crippen LogP contribution in [0.1, 0.15) is 12.8 Å². The zero-order valence-electron chi connectivity index (χ0n) is 12.2. The average molecular weight is 301 g/mol. The number of unbranched alkanes of at least 4 members (excludes halogenated alkanes) is 1. The lowest BCUT2D eigenvalue weighted by atomic mass is 10.3. The lowest BCUT2D eigenvalue weighted by Crippen LogP contribution is -2.26. The molecule has 1 aromatic carbocycles. The van der Waals surface area contributed by atoms with Crippen LogP contribution in [-0.2, 0) is 10.0 Å². The minimum Gasteiger partial charge on any atom is -0.495 e. The van der Waals surface area contributed by atoms with E-state index in [2.05, 4.69) is 9.62 Å². The van der Waals surface area contributed by atoms with E-state index in [0.29, 0.717) is 12.2 Å². The molecule has 0 fully saturated rings. The molecule has 7 heteroatoms. The fraction of sp³-hybridized carbons (Fsp3) is 0.538. The molecule has 3 N–H and O–H groups in total. The highest BCUT2D eigenvalue weighted by atomic mass is 32.2. The van der Waals surface area contributed by atoms with Gasteiger partial charge in [0.2, 0.25) is 10.0 Å². The predicted octanol–water partition coefficient (Wildman–Crippen LogP) is 0.898. The summed E-state index contributed by atoms with van der Waals surface area (Å²) in [5.41, 5.74) is 6.08. The summed E-state index contributed by atoms with van der Waals surface area (Å²) in [6, 6.07) is 4.50. The Morgan fingerprint density at radius 1 is 1.30 bits per heavy atom. The van der Waals surface area contributed by atoms with E-state index in [4.69, 9.17) is 10.5 Å². The van der Waals surface area contributed by atoms with Gasteiger partial charge in [-0.05, 0) is 45.6 Å². The van der Waals surface area contributed by atoms with Crippen molar-refractivity contribution in [1.82, 2.24) is 9.62 Å². The Labute approximate surface area is 121 Å². The molecule has 0 aliphatic carbocycles. The summed E-state index contributed by atoms with van der Waals surface area (Å²) in [6.45, 7) is 1.34. The van der Waals surface area contributed by atoms with Gasteiger partial charge in [0.05, 0.1) is 7.11 Å². The molecular formula is C13H23N3O3S. The Kier molecular flexibility index (Phi) is 6.25. The van der Waals surface area contributed by atoms with Crippen LogP contribution in [0.25, 0.3) is 0 Å². The number of hydrogen-bond donors (Lipinski definition) is 2. The maximum absolute atomic E-state index is 12.2. The second kappa shape index (κ2) is 7.47. The van der Waals surface area contributed by atoms with Crippen molar-refractivity contribution in [1.29, 1.82) is 0 Å². The third-order valence-corrected chi connectivity index (χ3v) is 4.30. The van der Waals surface area contributed by atoms with E-state index in [9.17, 15) is 8.42 Å². The molecule has 20 heavy (non-hydrogen) atoms. The molecule has 0 aromatic heterocycles. The van der Waals surface area contributed by atoms with E-state index in [1.165, 1.54) is 19.2 Å². The van der Waals surface area contributed by atoms with Crippen molar-refractivity contribution in [2.45, 2.75) is 17.7 Å². The molecule has 0 unspecified atom stereocenters. The number of nitrogens with one attached hydrogen (secondary N) is 1. The summed E-state index contributed by atoms with van der Waals surface area (Å²) in [4.78, 5) is 2.18. The Morgan fingerprint density at radius 2 is 2.00 bits per heavy atom. The number of ether oxygens (including phenoxy) is 1. The van der Waals surface area contributed by atoms with Gasteiger partial charge in [0, 0.05) is 18.3 Å². The van der Waals surface area contributed by atoms with Crippen LogP contribution in [0.4, 0.5) is 5.69 Å². The second-order valence-electron chi connectivity index (χ2n) is 4.82. The van der Waals surface area contributed by atoms with Gasteiger partial charge in [-0.2, -0.15) is 0 Å². The van der Waals surface area contributed by atoms with Gasteiger partial charge in [-0.1, -0.05) is 0 Å². The van der Waals surface area contributed by atoms with E-state index in [1.807, 2.05) is 14.1 Å². The van der Waals surface area contributed by atoms with E-state index in [0.717, 1.165) is 19.4 Å². The predicted molar refractivity (Wildman–Crippen MR) is 80.4 cm³/mol. The fourth-order valence-electron chi connectivity index (χ4n) is 1.74. The fourth-order valence-corrected chi connectivity index (χ4v) is 2.97. The van der Waals surface area contributed by atoms with Crippen LogP contribution in [0.3, 0.4) is 0 Å². The highest BCUT2D eigenvalue weighted by Crippen LogP contribution is 2.25. The van der Waals surface area contributed by atoms with Crippen LogP contribution < -0.4 is 15.2 Å². The third kappa shape index (κ3) is 4.99. The number of anilines is 1. The van der Waals surface area contributed by atoms with Gasteiger partial charge in [-0.25, -0.2) is 13.1 Å². The molecule has 0 atom stereocenters. The normalized spacial score (nSPS) is 11.8. The van der Waals surface area contributed by atoms with Crippen molar-refractivity contribution in [3.05, 3.63) is 18.2 Å². The largest absolute Gasteiger partial charge is 0.495 e. The number of nitrogens with zero attached hydrogens (tertiary/aromatic N) is 1. The summed E-state index contributed by atoms with van der Waals surface area (Å²) in [5, 5.41) is 0. The summed E-state index contributed by atoms with van der Waals surface area (Å²) in [6.07, 6.45) is 1.73. The lowest BCUT2D eigenvalue weighted by molar-refractivity contribution is 0.394. The molecule has 0 heterocycles. The minimum atomic E-state index is -3.56. The van der Waals surface area contributed by atoms with Gasteiger partial charge in [-0.15, -0.1) is 0 Å². The van der Waals surface area contributed by atoms with Crippen molar-refractivity contribution in [2.75, 3.05) is 40.0 Å². The highest BCUT2D eigenvalue weighted by molar-refractivity contribution is 7.89. The number of sulfonamides is 1. The van der Waals surface area contributed by atoms with Crippen LogP contribution in [-0.4, -0.2) is 47.6 Å². The molecule has 6 nitrogen and oxygen atoms in total. The summed E-state index contributed by atoms with van der Waals surface area (Å²) >= 11 is 0. The standard InChI is InChI=1S/C13H23N3O3S/c1-16(2)9-5-4-8-15-20(17,18)13-7-6-11(14)10-12(13)19-3/h6-7,10,15H,4-5,8-9,14H2,1-3H3. The van der Waals surface area contributed by atoms with Crippen molar-refractivity contribution >= 4 is 15.7 Å². The van der Waals surface area contributed by atoms with Crippen LogP contribution in [0.2, 0.25) is 0 Å². The van der Waals surface area contributed by atoms with Crippen LogP contribution >= 0.6 is 0 Å². The molecular weight excluding hydrogens is 278 g/mol. The zero-order valence-corrected chi connectivity index (χ0v) is 13.0. The van der Waals surface area contributed by atoms with Gasteiger partial charge >= 0.3 is 0 Å². The lowest BCUT2D eigenvalue weighted by Gasteiger charge is -2.12. The topological polar surface area (TPSA) is 84.7 Å². The number of rotatable bonds is 8. The average Bonchev–Trinajstić information content (AvgIpc) is 2.37. The van der Waals surface area contributed by atoms with Crippen molar-refractivity contribution in [3.63, 3.8) is 0 Å². The SMILES string of the molecule is COc1cc(N)ccc1S(=O)(=O)NCCCCN(C)C. The first-order valence-corrected chi connectivity index (χ1v) is 7.93. The van der Waals surface area contributed by atoms with Crippen LogP contribution in [0.5, 0.6) is 5.75 Å². The van der Waals surface area contributed by atoms with Gasteiger partial charge < -0.3 is 15.4 Å². The molecule has 1 aromatic rings. The van der Waals surface area contributed by atoms with Crippen molar-refractivity contribution in [2.24, 2.45) is 0 Å². The molecule has 0 bridgehead atoms. The quantitative estimate of drug-likeness (QED) is 0.550. The minimum absolute atomic E-state index is 0.113. The first-order chi connectivity index (χ1) is 9.36. The van der Waals surface area contributed by atoms with E-state index < -0.39 is 10.0 Å². The Bertz CT molecular complexity index is 530. The maximum Gasteiger partial charge on any atom is 0.244 e. The Balaban J connectivity index is 2.65. The monoisotopic (exact) mass is 301 g/mol. The number of methoxy groups -OCH3 is 1. The molecule has 1 rings (SSSR count). The Morgan fingerprint density at radius 3 is 2.60 bits per heavy atom. The van der Waals surface area contributed by atoms with Gasteiger partial charge in [0.1, 0.15) is 10.6 Å². The molecule has 0 amide bonds. The number of nitrogens with two attached hydrogens (primary N) is 1. The van der Waals surface area contributed by atoms with Gasteiger partial charge in [0.25, 0.3) is 0 Å². The third-order valence-electron chi connectivity index (χ3n) is 2.80. The number of nitrogen functional groups attached to an aromatic ring is 1. The van der Waals surface area contributed by atoms with Gasteiger partial charge in [-0.3, -0.25) is 0 Å². The summed E-state index contributed by atoms with van der Waals surface area (Å²) < 4.78 is 32.0. The number of hydrogen-bond acceptors (Lipinski definition) is 5. The van der Waals surface area contributed by atoms with Gasteiger partial charge in [0.15, 0.2) is 0 Å². The molecule has 0 aliphatic rings. The van der Waals surface area contributed by atoms with E-state index >= 15 is 0 Å². The van der Waals surface area contributed by atoms with Crippen LogP contribution in [0.15, 0.2) is 23.1 Å². The molecule has 0 aliphatic heterocycles. The zero-order chi connectivity index (χ0) is 15.2. The first kappa shape index (κ1) is 16.7. The molecule has 0 saturated carbocycles. The smallest absolute Gasteiger partial charge is 0.244 e. The van der Waals surface area contributed by atoms with E-state index in [1.54, 1.807) is 6.07 Å². The van der Waals surface area contributed by atoms with Crippen LogP contribution in [0, 0.1) is 0 Å².